The summed E-state index contributed by atoms with van der Waals surface area (Å²) in [6.45, 7) is 12.0. The molecule has 3 unspecified atom stereocenters. The maximum absolute atomic E-state index is 12.3. The zero-order chi connectivity index (χ0) is 17.5. The van der Waals surface area contributed by atoms with Crippen LogP contribution in [0.1, 0.15) is 66.7 Å². The minimum Gasteiger partial charge on any atom is -0.444 e. The molecule has 1 aliphatic rings. The van der Waals surface area contributed by atoms with Crippen LogP contribution in [0.5, 0.6) is 0 Å². The van der Waals surface area contributed by atoms with Crippen molar-refractivity contribution in [3.8, 4) is 0 Å². The Bertz CT molecular complexity index is 355. The highest BCUT2D eigenvalue weighted by atomic mass is 16.6. The third kappa shape index (κ3) is 7.53. The van der Waals surface area contributed by atoms with E-state index in [9.17, 15) is 4.79 Å². The number of aliphatic hydroxyl groups is 1. The van der Waals surface area contributed by atoms with Gasteiger partial charge in [-0.2, -0.15) is 0 Å². The number of rotatable bonds is 8. The van der Waals surface area contributed by atoms with E-state index in [-0.39, 0.29) is 18.7 Å². The van der Waals surface area contributed by atoms with Crippen LogP contribution >= 0.6 is 0 Å². The first-order valence-corrected chi connectivity index (χ1v) is 9.10. The molecule has 1 rings (SSSR count). The van der Waals surface area contributed by atoms with Gasteiger partial charge in [0.2, 0.25) is 0 Å². The largest absolute Gasteiger partial charge is 0.444 e. The fourth-order valence-corrected chi connectivity index (χ4v) is 3.13. The zero-order valence-electron chi connectivity index (χ0n) is 15.6. The Morgan fingerprint density at radius 2 is 2.13 bits per heavy atom. The Hall–Kier alpha value is -0.810. The van der Waals surface area contributed by atoms with Gasteiger partial charge in [-0.25, -0.2) is 4.79 Å². The smallest absolute Gasteiger partial charge is 0.410 e. The number of likely N-dealkylation sites (tertiary alicyclic amines) is 1. The summed E-state index contributed by atoms with van der Waals surface area (Å²) in [4.78, 5) is 14.2. The van der Waals surface area contributed by atoms with Gasteiger partial charge in [0.25, 0.3) is 0 Å². The maximum Gasteiger partial charge on any atom is 0.410 e. The van der Waals surface area contributed by atoms with Gasteiger partial charge >= 0.3 is 6.09 Å². The van der Waals surface area contributed by atoms with Crippen LogP contribution in [0.3, 0.4) is 0 Å². The van der Waals surface area contributed by atoms with Crippen LogP contribution in [-0.4, -0.2) is 53.5 Å². The summed E-state index contributed by atoms with van der Waals surface area (Å²) in [6, 6.07) is 0.626. The van der Waals surface area contributed by atoms with Crippen LogP contribution in [0.4, 0.5) is 4.79 Å². The number of ether oxygens (including phenoxy) is 1. The molecule has 5 heteroatoms. The highest BCUT2D eigenvalue weighted by Gasteiger charge is 2.32. The molecule has 0 bridgehead atoms. The van der Waals surface area contributed by atoms with E-state index in [1.807, 2.05) is 25.7 Å². The summed E-state index contributed by atoms with van der Waals surface area (Å²) in [7, 11) is 0. The molecule has 0 aromatic rings. The quantitative estimate of drug-likeness (QED) is 0.718. The van der Waals surface area contributed by atoms with Gasteiger partial charge in [-0.05, 0) is 65.8 Å². The lowest BCUT2D eigenvalue weighted by Gasteiger charge is -2.30. The molecule has 0 saturated carbocycles. The minimum absolute atomic E-state index is 0.182. The van der Waals surface area contributed by atoms with Crippen molar-refractivity contribution in [3.63, 3.8) is 0 Å². The first-order valence-electron chi connectivity index (χ1n) is 9.10. The van der Waals surface area contributed by atoms with Crippen LogP contribution in [0.25, 0.3) is 0 Å². The first kappa shape index (κ1) is 20.2. The summed E-state index contributed by atoms with van der Waals surface area (Å²) >= 11 is 0. The number of hydrogen-bond acceptors (Lipinski definition) is 4. The lowest BCUT2D eigenvalue weighted by atomic mass is 10.0. The molecule has 23 heavy (non-hydrogen) atoms. The van der Waals surface area contributed by atoms with E-state index in [1.54, 1.807) is 0 Å². The number of hydrogen-bond donors (Lipinski definition) is 2. The molecule has 1 heterocycles. The molecule has 0 aromatic carbocycles. The van der Waals surface area contributed by atoms with E-state index < -0.39 is 5.60 Å². The molecule has 136 valence electrons. The standard InChI is InChI=1S/C18H36N2O3/c1-6-15(9-11-21)13-19-14(2)12-16-8-7-10-20(16)17(22)23-18(3,4)5/h14-16,19,21H,6-13H2,1-5H3. The van der Waals surface area contributed by atoms with Gasteiger partial charge in [-0.1, -0.05) is 13.3 Å². The fraction of sp³-hybridized carbons (Fsp3) is 0.944. The van der Waals surface area contributed by atoms with E-state index >= 15 is 0 Å². The average Bonchev–Trinajstić information content (AvgIpc) is 2.89. The number of amides is 1. The van der Waals surface area contributed by atoms with Crippen molar-refractivity contribution in [1.29, 1.82) is 0 Å². The second-order valence-electron chi connectivity index (χ2n) is 7.80. The Morgan fingerprint density at radius 3 is 2.70 bits per heavy atom. The van der Waals surface area contributed by atoms with Gasteiger partial charge in [0.15, 0.2) is 0 Å². The van der Waals surface area contributed by atoms with Crippen LogP contribution in [0, 0.1) is 5.92 Å². The Morgan fingerprint density at radius 1 is 1.43 bits per heavy atom. The number of aliphatic hydroxyl groups excluding tert-OH is 1. The van der Waals surface area contributed by atoms with Crippen molar-refractivity contribution >= 4 is 6.09 Å². The van der Waals surface area contributed by atoms with Crippen molar-refractivity contribution in [2.75, 3.05) is 19.7 Å². The molecular weight excluding hydrogens is 292 g/mol. The SMILES string of the molecule is CCC(CCO)CNC(C)CC1CCCN1C(=O)OC(C)(C)C. The van der Waals surface area contributed by atoms with E-state index in [0.717, 1.165) is 45.2 Å². The van der Waals surface area contributed by atoms with E-state index in [4.69, 9.17) is 9.84 Å². The Labute approximate surface area is 141 Å². The third-order valence-corrected chi connectivity index (χ3v) is 4.50. The molecule has 3 atom stereocenters. The van der Waals surface area contributed by atoms with Crippen molar-refractivity contribution in [1.82, 2.24) is 10.2 Å². The number of nitrogens with one attached hydrogen (secondary N) is 1. The Balaban J connectivity index is 2.43. The van der Waals surface area contributed by atoms with Crippen LogP contribution < -0.4 is 5.32 Å². The molecule has 1 saturated heterocycles. The molecule has 0 aromatic heterocycles. The van der Waals surface area contributed by atoms with E-state index in [0.29, 0.717) is 12.0 Å². The average molecular weight is 328 g/mol. The van der Waals surface area contributed by atoms with E-state index in [1.165, 1.54) is 0 Å². The number of carbonyl (C=O) groups is 1. The first-order chi connectivity index (χ1) is 10.8. The highest BCUT2D eigenvalue weighted by molar-refractivity contribution is 5.68. The van der Waals surface area contributed by atoms with Crippen LogP contribution in [0.15, 0.2) is 0 Å². The molecular formula is C18H36N2O3. The molecule has 0 radical (unpaired) electrons. The highest BCUT2D eigenvalue weighted by Crippen LogP contribution is 2.24. The van der Waals surface area contributed by atoms with Crippen molar-refractivity contribution in [2.24, 2.45) is 5.92 Å². The zero-order valence-corrected chi connectivity index (χ0v) is 15.6. The molecule has 1 fully saturated rings. The van der Waals surface area contributed by atoms with Crippen molar-refractivity contribution in [2.45, 2.75) is 84.4 Å². The second kappa shape index (κ2) is 9.48. The summed E-state index contributed by atoms with van der Waals surface area (Å²) < 4.78 is 5.52. The van der Waals surface area contributed by atoms with Gasteiger partial charge in [-0.3, -0.25) is 0 Å². The van der Waals surface area contributed by atoms with Crippen molar-refractivity contribution in [3.05, 3.63) is 0 Å². The normalized spacial score (nSPS) is 21.3. The second-order valence-corrected chi connectivity index (χ2v) is 7.80. The summed E-state index contributed by atoms with van der Waals surface area (Å²) in [5, 5.41) is 12.6. The maximum atomic E-state index is 12.3. The molecule has 0 aliphatic carbocycles. The lowest BCUT2D eigenvalue weighted by molar-refractivity contribution is 0.0214. The summed E-state index contributed by atoms with van der Waals surface area (Å²) in [6.07, 6.45) is 4.81. The molecule has 5 nitrogen and oxygen atoms in total. The fourth-order valence-electron chi connectivity index (χ4n) is 3.13. The minimum atomic E-state index is -0.438. The van der Waals surface area contributed by atoms with Crippen molar-refractivity contribution < 1.29 is 14.6 Å². The monoisotopic (exact) mass is 328 g/mol. The van der Waals surface area contributed by atoms with Gasteiger partial charge in [-0.15, -0.1) is 0 Å². The number of carbonyl (C=O) groups excluding carboxylic acids is 1. The van der Waals surface area contributed by atoms with Crippen LogP contribution in [-0.2, 0) is 4.74 Å². The molecule has 1 aliphatic heterocycles. The predicted molar refractivity (Wildman–Crippen MR) is 93.5 cm³/mol. The van der Waals surface area contributed by atoms with Gasteiger partial charge in [0, 0.05) is 25.2 Å². The lowest BCUT2D eigenvalue weighted by Crippen LogP contribution is -2.43. The number of nitrogens with zero attached hydrogens (tertiary/aromatic N) is 1. The van der Waals surface area contributed by atoms with Gasteiger partial charge in [0.05, 0.1) is 0 Å². The topological polar surface area (TPSA) is 61.8 Å². The third-order valence-electron chi connectivity index (χ3n) is 4.50. The molecule has 2 N–H and O–H groups in total. The summed E-state index contributed by atoms with van der Waals surface area (Å²) in [5.41, 5.74) is -0.438. The van der Waals surface area contributed by atoms with E-state index in [2.05, 4.69) is 19.2 Å². The van der Waals surface area contributed by atoms with Gasteiger partial charge < -0.3 is 20.1 Å². The van der Waals surface area contributed by atoms with Gasteiger partial charge in [0.1, 0.15) is 5.60 Å². The molecule has 1 amide bonds. The summed E-state index contributed by atoms with van der Waals surface area (Å²) in [5.74, 6) is 0.521. The van der Waals surface area contributed by atoms with Crippen LogP contribution in [0.2, 0.25) is 0 Å². The molecule has 0 spiro atoms. The Kier molecular flexibility index (Phi) is 8.34. The predicted octanol–water partition coefficient (Wildman–Crippen LogP) is 3.16.